The summed E-state index contributed by atoms with van der Waals surface area (Å²) in [5, 5.41) is 0.915. The van der Waals surface area contributed by atoms with Crippen LogP contribution in [0.2, 0.25) is 0 Å². The van der Waals surface area contributed by atoms with E-state index in [-0.39, 0.29) is 5.41 Å². The zero-order valence-corrected chi connectivity index (χ0v) is 10.7. The molecule has 0 atom stereocenters. The normalized spacial score (nSPS) is 18.9. The fourth-order valence-electron chi connectivity index (χ4n) is 2.63. The van der Waals surface area contributed by atoms with Gasteiger partial charge in [0, 0.05) is 11.4 Å². The van der Waals surface area contributed by atoms with Crippen molar-refractivity contribution in [2.24, 2.45) is 5.41 Å². The van der Waals surface area contributed by atoms with Crippen LogP contribution in [0.25, 0.3) is 0 Å². The van der Waals surface area contributed by atoms with Crippen molar-refractivity contribution in [2.45, 2.75) is 32.1 Å². The molecule has 1 saturated carbocycles. The van der Waals surface area contributed by atoms with Gasteiger partial charge in [0.1, 0.15) is 11.6 Å². The summed E-state index contributed by atoms with van der Waals surface area (Å²) in [6.07, 6.45) is 5.52. The average molecular weight is 289 g/mol. The molecule has 1 aliphatic carbocycles. The van der Waals surface area contributed by atoms with E-state index >= 15 is 0 Å². The lowest BCUT2D eigenvalue weighted by atomic mass is 9.82. The van der Waals surface area contributed by atoms with Crippen LogP contribution in [-0.4, -0.2) is 5.33 Å². The second kappa shape index (κ2) is 4.82. The van der Waals surface area contributed by atoms with Crippen molar-refractivity contribution in [3.8, 4) is 0 Å². The molecule has 0 bridgehead atoms. The van der Waals surface area contributed by atoms with E-state index in [4.69, 9.17) is 0 Å². The summed E-state index contributed by atoms with van der Waals surface area (Å²) in [6, 6.07) is 3.83. The third-order valence-electron chi connectivity index (χ3n) is 3.45. The molecule has 1 aromatic rings. The van der Waals surface area contributed by atoms with Crippen LogP contribution in [-0.2, 0) is 6.42 Å². The molecule has 0 amide bonds. The monoisotopic (exact) mass is 288 g/mol. The van der Waals surface area contributed by atoms with Gasteiger partial charge in [0.15, 0.2) is 0 Å². The molecule has 2 rings (SSSR count). The van der Waals surface area contributed by atoms with Crippen LogP contribution >= 0.6 is 15.9 Å². The second-order valence-electron chi connectivity index (χ2n) is 4.80. The van der Waals surface area contributed by atoms with Crippen LogP contribution in [0, 0.1) is 17.0 Å². The topological polar surface area (TPSA) is 0 Å². The smallest absolute Gasteiger partial charge is 0.126 e. The summed E-state index contributed by atoms with van der Waals surface area (Å²) in [5.41, 5.74) is 0.985. The highest BCUT2D eigenvalue weighted by atomic mass is 79.9. The van der Waals surface area contributed by atoms with Gasteiger partial charge in [0.2, 0.25) is 0 Å². The standard InChI is InChI=1S/C13H15BrF2/c14-9-13(3-1-2-4-13)8-10-5-11(15)7-12(16)6-10/h5-7H,1-4,8-9H2. The summed E-state index contributed by atoms with van der Waals surface area (Å²) in [5.74, 6) is -0.949. The Morgan fingerprint density at radius 3 is 2.12 bits per heavy atom. The van der Waals surface area contributed by atoms with E-state index in [1.165, 1.54) is 25.0 Å². The molecule has 0 heterocycles. The van der Waals surface area contributed by atoms with E-state index in [1.54, 1.807) is 0 Å². The van der Waals surface area contributed by atoms with Gasteiger partial charge in [-0.15, -0.1) is 0 Å². The molecular formula is C13H15BrF2. The molecule has 0 aliphatic heterocycles. The Balaban J connectivity index is 2.18. The van der Waals surface area contributed by atoms with Crippen molar-refractivity contribution < 1.29 is 8.78 Å². The van der Waals surface area contributed by atoms with Crippen molar-refractivity contribution >= 4 is 15.9 Å². The molecule has 0 spiro atoms. The van der Waals surface area contributed by atoms with Crippen LogP contribution in [0.3, 0.4) is 0 Å². The fraction of sp³-hybridized carbons (Fsp3) is 0.538. The Hall–Kier alpha value is -0.440. The first kappa shape index (κ1) is 12.0. The summed E-state index contributed by atoms with van der Waals surface area (Å²) < 4.78 is 26.2. The Morgan fingerprint density at radius 2 is 1.62 bits per heavy atom. The highest BCUT2D eigenvalue weighted by Gasteiger charge is 2.32. The molecule has 0 radical (unpaired) electrons. The van der Waals surface area contributed by atoms with Crippen LogP contribution in [0.5, 0.6) is 0 Å². The first-order valence-corrected chi connectivity index (χ1v) is 6.77. The van der Waals surface area contributed by atoms with Gasteiger partial charge in [-0.1, -0.05) is 28.8 Å². The summed E-state index contributed by atoms with van der Waals surface area (Å²) in [7, 11) is 0. The van der Waals surface area contributed by atoms with Crippen molar-refractivity contribution in [3.63, 3.8) is 0 Å². The molecule has 16 heavy (non-hydrogen) atoms. The highest BCUT2D eigenvalue weighted by Crippen LogP contribution is 2.42. The van der Waals surface area contributed by atoms with Crippen LogP contribution < -0.4 is 0 Å². The fourth-order valence-corrected chi connectivity index (χ4v) is 3.39. The van der Waals surface area contributed by atoms with Crippen molar-refractivity contribution in [1.82, 2.24) is 0 Å². The number of hydrogen-bond donors (Lipinski definition) is 0. The number of alkyl halides is 1. The van der Waals surface area contributed by atoms with E-state index in [9.17, 15) is 8.78 Å². The molecule has 1 fully saturated rings. The van der Waals surface area contributed by atoms with E-state index in [1.807, 2.05) is 0 Å². The average Bonchev–Trinajstić information content (AvgIpc) is 2.65. The minimum absolute atomic E-state index is 0.209. The Labute approximate surface area is 103 Å². The Kier molecular flexibility index (Phi) is 3.63. The van der Waals surface area contributed by atoms with Crippen LogP contribution in [0.15, 0.2) is 18.2 Å². The minimum atomic E-state index is -0.474. The van der Waals surface area contributed by atoms with E-state index in [0.29, 0.717) is 0 Å². The molecular weight excluding hydrogens is 274 g/mol. The molecule has 3 heteroatoms. The largest absolute Gasteiger partial charge is 0.207 e. The summed E-state index contributed by atoms with van der Waals surface area (Å²) in [6.45, 7) is 0. The molecule has 0 nitrogen and oxygen atoms in total. The van der Waals surface area contributed by atoms with Gasteiger partial charge in [-0.05, 0) is 42.4 Å². The van der Waals surface area contributed by atoms with Gasteiger partial charge in [-0.2, -0.15) is 0 Å². The van der Waals surface area contributed by atoms with Gasteiger partial charge < -0.3 is 0 Å². The first-order valence-electron chi connectivity index (χ1n) is 5.65. The SMILES string of the molecule is Fc1cc(F)cc(CC2(CBr)CCCC2)c1. The van der Waals surface area contributed by atoms with Gasteiger partial charge in [-0.25, -0.2) is 8.78 Å². The maximum absolute atomic E-state index is 13.1. The zero-order valence-electron chi connectivity index (χ0n) is 9.11. The summed E-state index contributed by atoms with van der Waals surface area (Å²) in [4.78, 5) is 0. The molecule has 0 N–H and O–H groups in total. The number of hydrogen-bond acceptors (Lipinski definition) is 0. The van der Waals surface area contributed by atoms with Crippen LogP contribution in [0.4, 0.5) is 8.78 Å². The summed E-state index contributed by atoms with van der Waals surface area (Å²) >= 11 is 3.54. The maximum Gasteiger partial charge on any atom is 0.126 e. The predicted octanol–water partition coefficient (Wildman–Crippen LogP) is 4.46. The third kappa shape index (κ3) is 2.62. The molecule has 88 valence electrons. The second-order valence-corrected chi connectivity index (χ2v) is 5.36. The molecule has 1 aliphatic rings. The van der Waals surface area contributed by atoms with E-state index in [2.05, 4.69) is 15.9 Å². The third-order valence-corrected chi connectivity index (χ3v) is 4.64. The van der Waals surface area contributed by atoms with Gasteiger partial charge in [0.25, 0.3) is 0 Å². The molecule has 1 aromatic carbocycles. The first-order chi connectivity index (χ1) is 7.63. The van der Waals surface area contributed by atoms with E-state index < -0.39 is 11.6 Å². The lowest BCUT2D eigenvalue weighted by molar-refractivity contribution is 0.345. The van der Waals surface area contributed by atoms with Crippen molar-refractivity contribution in [3.05, 3.63) is 35.4 Å². The Bertz CT molecular complexity index is 350. The van der Waals surface area contributed by atoms with Crippen molar-refractivity contribution in [2.75, 3.05) is 5.33 Å². The maximum atomic E-state index is 13.1. The van der Waals surface area contributed by atoms with E-state index in [0.717, 1.165) is 36.2 Å². The number of halogens is 3. The lowest BCUT2D eigenvalue weighted by Gasteiger charge is -2.26. The molecule has 0 saturated heterocycles. The Morgan fingerprint density at radius 1 is 1.06 bits per heavy atom. The quantitative estimate of drug-likeness (QED) is 0.720. The number of rotatable bonds is 3. The predicted molar refractivity (Wildman–Crippen MR) is 64.8 cm³/mol. The molecule has 0 unspecified atom stereocenters. The van der Waals surface area contributed by atoms with Gasteiger partial charge >= 0.3 is 0 Å². The number of benzene rings is 1. The minimum Gasteiger partial charge on any atom is -0.207 e. The van der Waals surface area contributed by atoms with Crippen molar-refractivity contribution in [1.29, 1.82) is 0 Å². The van der Waals surface area contributed by atoms with Gasteiger partial charge in [0.05, 0.1) is 0 Å². The van der Waals surface area contributed by atoms with Gasteiger partial charge in [-0.3, -0.25) is 0 Å². The molecule has 0 aromatic heterocycles. The lowest BCUT2D eigenvalue weighted by Crippen LogP contribution is -2.21. The highest BCUT2D eigenvalue weighted by molar-refractivity contribution is 9.09. The zero-order chi connectivity index (χ0) is 11.6. The van der Waals surface area contributed by atoms with Crippen LogP contribution in [0.1, 0.15) is 31.2 Å².